The average molecular weight is 226 g/mol. The van der Waals surface area contributed by atoms with Crippen LogP contribution >= 0.6 is 0 Å². The molecule has 0 aromatic carbocycles. The summed E-state index contributed by atoms with van der Waals surface area (Å²) in [6.45, 7) is 0. The Morgan fingerprint density at radius 3 is 2.25 bits per heavy atom. The molecule has 0 amide bonds. The van der Waals surface area contributed by atoms with Gasteiger partial charge in [-0.2, -0.15) is 0 Å². The molecule has 0 aromatic rings. The molecule has 0 saturated heterocycles. The van der Waals surface area contributed by atoms with E-state index in [4.69, 9.17) is 4.74 Å². The Morgan fingerprint density at radius 2 is 1.81 bits per heavy atom. The van der Waals surface area contributed by atoms with Gasteiger partial charge in [-0.25, -0.2) is 0 Å². The van der Waals surface area contributed by atoms with Crippen molar-refractivity contribution in [1.82, 2.24) is 0 Å². The van der Waals surface area contributed by atoms with Gasteiger partial charge in [0.25, 0.3) is 0 Å². The van der Waals surface area contributed by atoms with E-state index < -0.39 is 17.5 Å². The van der Waals surface area contributed by atoms with Crippen LogP contribution in [0.4, 0.5) is 0 Å². The summed E-state index contributed by atoms with van der Waals surface area (Å²) in [5, 5.41) is 9.36. The second-order valence-corrected chi connectivity index (χ2v) is 4.98. The van der Waals surface area contributed by atoms with E-state index in [1.54, 1.807) is 0 Å². The molecule has 2 rings (SSSR count). The highest BCUT2D eigenvalue weighted by atomic mass is 16.5. The number of ketones is 1. The van der Waals surface area contributed by atoms with Crippen LogP contribution in [0.2, 0.25) is 0 Å². The molecular weight excluding hydrogens is 208 g/mol. The van der Waals surface area contributed by atoms with Crippen molar-refractivity contribution in [1.29, 1.82) is 0 Å². The lowest BCUT2D eigenvalue weighted by atomic mass is 9.61. The van der Waals surface area contributed by atoms with Crippen LogP contribution in [0.1, 0.15) is 38.5 Å². The van der Waals surface area contributed by atoms with Gasteiger partial charge in [-0.3, -0.25) is 9.59 Å². The molecule has 0 aromatic heterocycles. The number of hydrogen-bond donors (Lipinski definition) is 1. The Balaban J connectivity index is 2.13. The average Bonchev–Trinajstić information content (AvgIpc) is 2.75. The van der Waals surface area contributed by atoms with Gasteiger partial charge in [-0.1, -0.05) is 12.8 Å². The number of esters is 1. The molecule has 0 radical (unpaired) electrons. The van der Waals surface area contributed by atoms with E-state index in [0.717, 1.165) is 25.7 Å². The third-order valence-corrected chi connectivity index (χ3v) is 3.94. The number of carbonyl (C=O) groups excluding carboxylic acids is 2. The van der Waals surface area contributed by atoms with Crippen molar-refractivity contribution in [3.8, 4) is 0 Å². The maximum atomic E-state index is 12.3. The van der Waals surface area contributed by atoms with Crippen LogP contribution in [-0.4, -0.2) is 30.1 Å². The second-order valence-electron chi connectivity index (χ2n) is 4.98. The highest BCUT2D eigenvalue weighted by molar-refractivity contribution is 6.06. The molecule has 0 aliphatic heterocycles. The van der Waals surface area contributed by atoms with Crippen LogP contribution in [0.5, 0.6) is 0 Å². The molecule has 0 bridgehead atoms. The fourth-order valence-corrected chi connectivity index (χ4v) is 2.99. The van der Waals surface area contributed by atoms with E-state index in [9.17, 15) is 14.7 Å². The Hall–Kier alpha value is -0.900. The van der Waals surface area contributed by atoms with E-state index in [1.807, 2.05) is 0 Å². The zero-order valence-electron chi connectivity index (χ0n) is 9.57. The summed E-state index contributed by atoms with van der Waals surface area (Å²) in [6.07, 6.45) is 3.86. The lowest BCUT2D eigenvalue weighted by molar-refractivity contribution is -0.174. The number of ether oxygens (including phenoxy) is 1. The minimum atomic E-state index is -1.02. The predicted octanol–water partition coefficient (Wildman–Crippen LogP) is 1.06. The Labute approximate surface area is 95.0 Å². The number of aliphatic hydroxyl groups excluding tert-OH is 1. The minimum absolute atomic E-state index is 0.00199. The standard InChI is InChI=1S/C12H18O4/c1-16-11(15)12(6-9(13)7-12)10(14)8-4-2-3-5-8/h8-9,13H,2-7H2,1H3. The molecule has 90 valence electrons. The lowest BCUT2D eigenvalue weighted by Gasteiger charge is -2.42. The van der Waals surface area contributed by atoms with Gasteiger partial charge in [-0.05, 0) is 25.7 Å². The second kappa shape index (κ2) is 4.17. The first-order chi connectivity index (χ1) is 7.60. The highest BCUT2D eigenvalue weighted by Crippen LogP contribution is 2.47. The van der Waals surface area contributed by atoms with E-state index in [1.165, 1.54) is 7.11 Å². The van der Waals surface area contributed by atoms with Crippen molar-refractivity contribution in [3.05, 3.63) is 0 Å². The normalized spacial score (nSPS) is 34.5. The molecule has 0 spiro atoms. The Bertz CT molecular complexity index is 298. The first-order valence-corrected chi connectivity index (χ1v) is 5.91. The predicted molar refractivity (Wildman–Crippen MR) is 56.7 cm³/mol. The topological polar surface area (TPSA) is 63.6 Å². The first kappa shape index (κ1) is 11.6. The van der Waals surface area contributed by atoms with Crippen LogP contribution in [0.25, 0.3) is 0 Å². The maximum absolute atomic E-state index is 12.3. The number of carbonyl (C=O) groups is 2. The lowest BCUT2D eigenvalue weighted by Crippen LogP contribution is -2.54. The van der Waals surface area contributed by atoms with Crippen LogP contribution in [0, 0.1) is 11.3 Å². The van der Waals surface area contributed by atoms with E-state index in [-0.39, 0.29) is 24.5 Å². The van der Waals surface area contributed by atoms with Gasteiger partial charge in [0.15, 0.2) is 5.78 Å². The number of hydrogen-bond acceptors (Lipinski definition) is 4. The Morgan fingerprint density at radius 1 is 1.25 bits per heavy atom. The van der Waals surface area contributed by atoms with E-state index in [2.05, 4.69) is 0 Å². The van der Waals surface area contributed by atoms with Gasteiger partial charge in [0.1, 0.15) is 5.41 Å². The van der Waals surface area contributed by atoms with Crippen molar-refractivity contribution in [2.75, 3.05) is 7.11 Å². The molecule has 4 heteroatoms. The van der Waals surface area contributed by atoms with E-state index in [0.29, 0.717) is 0 Å². The Kier molecular flexibility index (Phi) is 3.02. The van der Waals surface area contributed by atoms with Crippen LogP contribution in [-0.2, 0) is 14.3 Å². The summed E-state index contributed by atoms with van der Waals surface area (Å²) in [4.78, 5) is 24.0. The number of methoxy groups -OCH3 is 1. The van der Waals surface area contributed by atoms with Gasteiger partial charge < -0.3 is 9.84 Å². The molecule has 2 fully saturated rings. The minimum Gasteiger partial charge on any atom is -0.468 e. The fraction of sp³-hybridized carbons (Fsp3) is 0.833. The maximum Gasteiger partial charge on any atom is 0.319 e. The molecule has 2 saturated carbocycles. The largest absolute Gasteiger partial charge is 0.468 e. The molecule has 0 unspecified atom stereocenters. The molecular formula is C12H18O4. The van der Waals surface area contributed by atoms with Crippen LogP contribution in [0.15, 0.2) is 0 Å². The van der Waals surface area contributed by atoms with Crippen molar-refractivity contribution >= 4 is 11.8 Å². The van der Waals surface area contributed by atoms with Gasteiger partial charge in [0.05, 0.1) is 13.2 Å². The summed E-state index contributed by atoms with van der Waals surface area (Å²) >= 11 is 0. The third kappa shape index (κ3) is 1.65. The molecule has 2 aliphatic carbocycles. The summed E-state index contributed by atoms with van der Waals surface area (Å²) in [5.74, 6) is -0.455. The van der Waals surface area contributed by atoms with Crippen molar-refractivity contribution in [3.63, 3.8) is 0 Å². The molecule has 1 N–H and O–H groups in total. The molecule has 0 heterocycles. The third-order valence-electron chi connectivity index (χ3n) is 3.94. The van der Waals surface area contributed by atoms with E-state index >= 15 is 0 Å². The zero-order valence-corrected chi connectivity index (χ0v) is 9.57. The molecule has 2 aliphatic rings. The smallest absolute Gasteiger partial charge is 0.319 e. The number of rotatable bonds is 3. The summed E-state index contributed by atoms with van der Waals surface area (Å²) in [5.41, 5.74) is -1.02. The van der Waals surface area contributed by atoms with Gasteiger partial charge in [0.2, 0.25) is 0 Å². The SMILES string of the molecule is COC(=O)C1(C(=O)C2CCCC2)CC(O)C1. The van der Waals surface area contributed by atoms with Crippen LogP contribution < -0.4 is 0 Å². The monoisotopic (exact) mass is 226 g/mol. The van der Waals surface area contributed by atoms with Crippen LogP contribution in [0.3, 0.4) is 0 Å². The molecule has 0 atom stereocenters. The summed E-state index contributed by atoms with van der Waals surface area (Å²) < 4.78 is 4.72. The molecule has 16 heavy (non-hydrogen) atoms. The molecule has 4 nitrogen and oxygen atoms in total. The van der Waals surface area contributed by atoms with Crippen molar-refractivity contribution < 1.29 is 19.4 Å². The first-order valence-electron chi connectivity index (χ1n) is 5.91. The van der Waals surface area contributed by atoms with Crippen molar-refractivity contribution in [2.45, 2.75) is 44.6 Å². The van der Waals surface area contributed by atoms with Gasteiger partial charge >= 0.3 is 5.97 Å². The number of aliphatic hydroxyl groups is 1. The van der Waals surface area contributed by atoms with Gasteiger partial charge in [0, 0.05) is 5.92 Å². The fourth-order valence-electron chi connectivity index (χ4n) is 2.99. The quantitative estimate of drug-likeness (QED) is 0.577. The summed E-state index contributed by atoms with van der Waals surface area (Å²) in [7, 11) is 1.30. The zero-order chi connectivity index (χ0) is 11.8. The van der Waals surface area contributed by atoms with Gasteiger partial charge in [-0.15, -0.1) is 0 Å². The van der Waals surface area contributed by atoms with Crippen molar-refractivity contribution in [2.24, 2.45) is 11.3 Å². The highest BCUT2D eigenvalue weighted by Gasteiger charge is 2.57. The number of Topliss-reactive ketones (excluding diaryl/α,β-unsaturated/α-hetero) is 1. The summed E-state index contributed by atoms with van der Waals surface area (Å²) in [6, 6.07) is 0.